The van der Waals surface area contributed by atoms with Gasteiger partial charge in [0.25, 0.3) is 5.65 Å². The number of rotatable bonds is 1. The van der Waals surface area contributed by atoms with E-state index in [4.69, 9.17) is 0 Å². The number of hydrogen-bond donors (Lipinski definition) is 0. The van der Waals surface area contributed by atoms with Gasteiger partial charge in [-0.2, -0.15) is 9.36 Å². The SMILES string of the molecule is CN(C)c1c2nc3cnn(C)c3[n+](C)c2nn1C. The zero-order chi connectivity index (χ0) is 13.0. The number of anilines is 1. The molecule has 0 aliphatic rings. The van der Waals surface area contributed by atoms with Gasteiger partial charge in [0.15, 0.2) is 16.9 Å². The maximum atomic E-state index is 4.67. The van der Waals surface area contributed by atoms with Crippen molar-refractivity contribution in [3.63, 3.8) is 0 Å². The second kappa shape index (κ2) is 3.41. The van der Waals surface area contributed by atoms with Gasteiger partial charge in [-0.05, 0) is 5.10 Å². The van der Waals surface area contributed by atoms with E-state index in [2.05, 4.69) is 15.2 Å². The second-order valence-corrected chi connectivity index (χ2v) is 4.66. The third kappa shape index (κ3) is 1.24. The normalized spacial score (nSPS) is 11.6. The largest absolute Gasteiger partial charge is 0.360 e. The topological polar surface area (TPSA) is 55.7 Å². The van der Waals surface area contributed by atoms with Crippen LogP contribution in [-0.2, 0) is 21.1 Å². The summed E-state index contributed by atoms with van der Waals surface area (Å²) in [6, 6.07) is 0. The fraction of sp³-hybridized carbons (Fsp3) is 0.455. The average Bonchev–Trinajstić information content (AvgIpc) is 2.80. The molecule has 0 aromatic carbocycles. The summed E-state index contributed by atoms with van der Waals surface area (Å²) in [6.45, 7) is 0. The van der Waals surface area contributed by atoms with E-state index in [1.807, 2.05) is 54.1 Å². The van der Waals surface area contributed by atoms with E-state index >= 15 is 0 Å². The highest BCUT2D eigenvalue weighted by atomic mass is 15.4. The first-order valence-corrected chi connectivity index (χ1v) is 5.72. The van der Waals surface area contributed by atoms with Gasteiger partial charge < -0.3 is 4.90 Å². The summed E-state index contributed by atoms with van der Waals surface area (Å²) in [5.41, 5.74) is 3.59. The first-order chi connectivity index (χ1) is 8.50. The number of aromatic nitrogens is 6. The van der Waals surface area contributed by atoms with Gasteiger partial charge in [0.1, 0.15) is 0 Å². The van der Waals surface area contributed by atoms with Crippen molar-refractivity contribution in [2.75, 3.05) is 19.0 Å². The lowest BCUT2D eigenvalue weighted by atomic mass is 10.4. The maximum Gasteiger partial charge on any atom is 0.316 e. The highest BCUT2D eigenvalue weighted by Gasteiger charge is 2.23. The summed E-state index contributed by atoms with van der Waals surface area (Å²) in [7, 11) is 9.81. The Morgan fingerprint density at radius 2 is 1.94 bits per heavy atom. The molecule has 0 spiro atoms. The van der Waals surface area contributed by atoms with E-state index in [9.17, 15) is 0 Å². The molecule has 0 aliphatic carbocycles. The van der Waals surface area contributed by atoms with Crippen LogP contribution in [0.2, 0.25) is 0 Å². The maximum absolute atomic E-state index is 4.67. The predicted molar refractivity (Wildman–Crippen MR) is 68.3 cm³/mol. The third-order valence-electron chi connectivity index (χ3n) is 3.15. The standard InChI is InChI=1S/C11H16N7/c1-15(2)11-8-9(14-18(11)5)16(3)10-7(13-8)6-12-17(10)4/h6H,1-5H3/q+1. The number of nitrogens with zero attached hydrogens (tertiary/aromatic N) is 7. The molecule has 3 aromatic rings. The van der Waals surface area contributed by atoms with Crippen molar-refractivity contribution in [3.05, 3.63) is 6.20 Å². The summed E-state index contributed by atoms with van der Waals surface area (Å²) in [4.78, 5) is 6.69. The molecule has 0 saturated heterocycles. The van der Waals surface area contributed by atoms with E-state index in [0.29, 0.717) is 0 Å². The van der Waals surface area contributed by atoms with Crippen molar-refractivity contribution in [1.82, 2.24) is 24.5 Å². The average molecular weight is 246 g/mol. The molecule has 0 fully saturated rings. The molecule has 18 heavy (non-hydrogen) atoms. The van der Waals surface area contributed by atoms with Crippen LogP contribution in [0.1, 0.15) is 0 Å². The Kier molecular flexibility index (Phi) is 2.07. The zero-order valence-corrected chi connectivity index (χ0v) is 11.2. The molecule has 0 atom stereocenters. The molecule has 0 bridgehead atoms. The third-order valence-corrected chi connectivity index (χ3v) is 3.15. The van der Waals surface area contributed by atoms with Gasteiger partial charge in [-0.3, -0.25) is 0 Å². The van der Waals surface area contributed by atoms with Crippen molar-refractivity contribution < 1.29 is 4.57 Å². The first-order valence-electron chi connectivity index (χ1n) is 5.72. The summed E-state index contributed by atoms with van der Waals surface area (Å²) >= 11 is 0. The van der Waals surface area contributed by atoms with Gasteiger partial charge >= 0.3 is 5.65 Å². The summed E-state index contributed by atoms with van der Waals surface area (Å²) in [5.74, 6) is 0.992. The molecule has 0 saturated carbocycles. The number of fused-ring (bicyclic) bond motifs is 2. The van der Waals surface area contributed by atoms with Crippen LogP contribution in [-0.4, -0.2) is 38.6 Å². The Morgan fingerprint density at radius 3 is 2.61 bits per heavy atom. The summed E-state index contributed by atoms with van der Waals surface area (Å²) in [5, 5.41) is 8.78. The van der Waals surface area contributed by atoms with Gasteiger partial charge in [0.05, 0.1) is 20.3 Å². The van der Waals surface area contributed by atoms with Crippen LogP contribution in [0.3, 0.4) is 0 Å². The van der Waals surface area contributed by atoms with Crippen molar-refractivity contribution in [2.45, 2.75) is 0 Å². The van der Waals surface area contributed by atoms with Gasteiger partial charge in [-0.1, -0.05) is 0 Å². The van der Waals surface area contributed by atoms with Crippen LogP contribution in [0.4, 0.5) is 5.82 Å². The van der Waals surface area contributed by atoms with Crippen LogP contribution in [0.5, 0.6) is 0 Å². The highest BCUT2D eigenvalue weighted by Crippen LogP contribution is 2.22. The van der Waals surface area contributed by atoms with Crippen LogP contribution >= 0.6 is 0 Å². The molecule has 3 heterocycles. The molecule has 0 aliphatic heterocycles. The van der Waals surface area contributed by atoms with Gasteiger partial charge in [-0.15, -0.1) is 5.10 Å². The Labute approximate surface area is 104 Å². The van der Waals surface area contributed by atoms with Crippen LogP contribution in [0.25, 0.3) is 22.3 Å². The minimum absolute atomic E-state index is 0.859. The molecule has 7 heteroatoms. The lowest BCUT2D eigenvalue weighted by Gasteiger charge is -2.10. The monoisotopic (exact) mass is 246 g/mol. The molecule has 7 nitrogen and oxygen atoms in total. The van der Waals surface area contributed by atoms with E-state index in [0.717, 1.165) is 28.1 Å². The second-order valence-electron chi connectivity index (χ2n) is 4.66. The number of aryl methyl sites for hydroxylation is 3. The van der Waals surface area contributed by atoms with Crippen molar-refractivity contribution in [1.29, 1.82) is 0 Å². The highest BCUT2D eigenvalue weighted by molar-refractivity contribution is 5.86. The Balaban J connectivity index is 2.53. The van der Waals surface area contributed by atoms with Crippen LogP contribution < -0.4 is 9.47 Å². The zero-order valence-electron chi connectivity index (χ0n) is 11.2. The molecule has 0 amide bonds. The minimum atomic E-state index is 0.859. The van der Waals surface area contributed by atoms with E-state index in [-0.39, 0.29) is 0 Å². The van der Waals surface area contributed by atoms with Gasteiger partial charge in [0, 0.05) is 21.1 Å². The van der Waals surface area contributed by atoms with Crippen LogP contribution in [0, 0.1) is 0 Å². The van der Waals surface area contributed by atoms with E-state index in [1.165, 1.54) is 0 Å². The lowest BCUT2D eigenvalue weighted by Crippen LogP contribution is -2.33. The smallest absolute Gasteiger partial charge is 0.316 e. The van der Waals surface area contributed by atoms with Crippen molar-refractivity contribution >= 4 is 28.1 Å². The lowest BCUT2D eigenvalue weighted by molar-refractivity contribution is -0.623. The minimum Gasteiger partial charge on any atom is -0.360 e. The Morgan fingerprint density at radius 1 is 1.22 bits per heavy atom. The van der Waals surface area contributed by atoms with Crippen LogP contribution in [0.15, 0.2) is 6.20 Å². The molecule has 0 unspecified atom stereocenters. The van der Waals surface area contributed by atoms with Crippen molar-refractivity contribution in [3.8, 4) is 0 Å². The molecule has 0 radical (unpaired) electrons. The summed E-state index contributed by atoms with van der Waals surface area (Å²) in [6.07, 6.45) is 1.78. The van der Waals surface area contributed by atoms with E-state index < -0.39 is 0 Å². The Hall–Kier alpha value is -2.18. The fourth-order valence-electron chi connectivity index (χ4n) is 2.43. The van der Waals surface area contributed by atoms with Crippen molar-refractivity contribution in [2.24, 2.45) is 21.1 Å². The van der Waals surface area contributed by atoms with E-state index in [1.54, 1.807) is 6.20 Å². The quantitative estimate of drug-likeness (QED) is 0.555. The van der Waals surface area contributed by atoms with Gasteiger partial charge in [-0.25, -0.2) is 9.55 Å². The predicted octanol–water partition coefficient (Wildman–Crippen LogP) is -0.255. The summed E-state index contributed by atoms with van der Waals surface area (Å²) < 4.78 is 5.69. The van der Waals surface area contributed by atoms with Gasteiger partial charge in [0.2, 0.25) is 0 Å². The first kappa shape index (κ1) is 10.9. The molecular weight excluding hydrogens is 230 g/mol. The fourth-order valence-corrected chi connectivity index (χ4v) is 2.43. The molecule has 3 aromatic heterocycles. The molecule has 0 N–H and O–H groups in total. The number of hydrogen-bond acceptors (Lipinski definition) is 4. The Bertz CT molecular complexity index is 750. The molecular formula is C11H16N7+. The molecule has 3 rings (SSSR count). The molecule has 94 valence electrons.